The summed E-state index contributed by atoms with van der Waals surface area (Å²) in [5.74, 6) is 0.916. The molecule has 22 heavy (non-hydrogen) atoms. The van der Waals surface area contributed by atoms with Gasteiger partial charge in [-0.05, 0) is 41.9 Å². The van der Waals surface area contributed by atoms with Crippen molar-refractivity contribution in [2.24, 2.45) is 0 Å². The summed E-state index contributed by atoms with van der Waals surface area (Å²) in [4.78, 5) is 0. The van der Waals surface area contributed by atoms with E-state index in [0.29, 0.717) is 5.25 Å². The summed E-state index contributed by atoms with van der Waals surface area (Å²) in [6, 6.07) is 12.6. The van der Waals surface area contributed by atoms with Gasteiger partial charge in [-0.3, -0.25) is 4.21 Å². The van der Waals surface area contributed by atoms with E-state index in [0.717, 1.165) is 30.4 Å². The van der Waals surface area contributed by atoms with Gasteiger partial charge in [0.1, 0.15) is 5.75 Å². The highest BCUT2D eigenvalue weighted by Gasteiger charge is 2.33. The second-order valence-electron chi connectivity index (χ2n) is 6.18. The molecule has 4 rings (SSSR count). The van der Waals surface area contributed by atoms with Crippen LogP contribution < -0.4 is 4.74 Å². The lowest BCUT2D eigenvalue weighted by Crippen LogP contribution is -2.33. The molecule has 3 unspecified atom stereocenters. The molecule has 0 N–H and O–H groups in total. The molecule has 2 bridgehead atoms. The third kappa shape index (κ3) is 2.19. The van der Waals surface area contributed by atoms with E-state index in [1.165, 1.54) is 22.9 Å². The fourth-order valence-corrected chi connectivity index (χ4v) is 5.76. The summed E-state index contributed by atoms with van der Waals surface area (Å²) < 4.78 is 17.9. The summed E-state index contributed by atoms with van der Waals surface area (Å²) in [6.45, 7) is 0. The Morgan fingerprint density at radius 3 is 2.68 bits per heavy atom. The second kappa shape index (κ2) is 5.54. The van der Waals surface area contributed by atoms with Crippen molar-refractivity contribution in [3.8, 4) is 5.75 Å². The Hall–Kier alpha value is -1.61. The Morgan fingerprint density at radius 1 is 1.09 bits per heavy atom. The SMILES string of the molecule is COc1ccc(C2=CC3CCCC(C2)S3=O)c2ccccc12. The Labute approximate surface area is 133 Å². The van der Waals surface area contributed by atoms with Crippen LogP contribution in [0.3, 0.4) is 0 Å². The van der Waals surface area contributed by atoms with E-state index in [1.807, 2.05) is 6.07 Å². The molecule has 3 heteroatoms. The maximum atomic E-state index is 12.4. The number of methoxy groups -OCH3 is 1. The van der Waals surface area contributed by atoms with E-state index in [9.17, 15) is 4.21 Å². The first-order valence-corrected chi connectivity index (χ1v) is 9.21. The molecule has 0 amide bonds. The smallest absolute Gasteiger partial charge is 0.126 e. The minimum atomic E-state index is -0.671. The summed E-state index contributed by atoms with van der Waals surface area (Å²) in [7, 11) is 1.05. The maximum absolute atomic E-state index is 12.4. The predicted octanol–water partition coefficient (Wildman–Crippen LogP) is 4.31. The van der Waals surface area contributed by atoms with Gasteiger partial charge in [0.15, 0.2) is 0 Å². The Bertz CT molecular complexity index is 778. The van der Waals surface area contributed by atoms with E-state index in [2.05, 4.69) is 36.4 Å². The lowest BCUT2D eigenvalue weighted by atomic mass is 9.90. The number of fused-ring (bicyclic) bond motifs is 3. The summed E-state index contributed by atoms with van der Waals surface area (Å²) >= 11 is 0. The van der Waals surface area contributed by atoms with Crippen LogP contribution in [0.15, 0.2) is 42.5 Å². The molecular formula is C19H20O2S. The Kier molecular flexibility index (Phi) is 3.53. The number of allylic oxidation sites excluding steroid dienone is 1. The average molecular weight is 312 g/mol. The average Bonchev–Trinajstić information content (AvgIpc) is 2.54. The molecule has 3 atom stereocenters. The first-order valence-electron chi connectivity index (χ1n) is 7.94. The van der Waals surface area contributed by atoms with Crippen molar-refractivity contribution < 1.29 is 8.95 Å². The lowest BCUT2D eigenvalue weighted by molar-refractivity contribution is 0.420. The van der Waals surface area contributed by atoms with Gasteiger partial charge in [-0.15, -0.1) is 0 Å². The van der Waals surface area contributed by atoms with Crippen LogP contribution in [0.2, 0.25) is 0 Å². The topological polar surface area (TPSA) is 26.3 Å². The fraction of sp³-hybridized carbons (Fsp3) is 0.368. The molecular weight excluding hydrogens is 292 g/mol. The standard InChI is InChI=1S/C19H20O2S/c1-21-19-10-9-16(17-7-2-3-8-18(17)19)13-11-14-5-4-6-15(12-13)22(14)20/h2-3,7-11,14-15H,4-6,12H2,1H3. The van der Waals surface area contributed by atoms with Gasteiger partial charge >= 0.3 is 0 Å². The van der Waals surface area contributed by atoms with Gasteiger partial charge in [-0.1, -0.05) is 42.8 Å². The van der Waals surface area contributed by atoms with Crippen molar-refractivity contribution in [1.82, 2.24) is 0 Å². The largest absolute Gasteiger partial charge is 0.496 e. The normalized spacial score (nSPS) is 27.5. The highest BCUT2D eigenvalue weighted by atomic mass is 32.2. The third-order valence-corrected chi connectivity index (χ3v) is 6.95. The van der Waals surface area contributed by atoms with Crippen LogP contribution >= 0.6 is 0 Å². The van der Waals surface area contributed by atoms with Gasteiger partial charge < -0.3 is 4.74 Å². The summed E-state index contributed by atoms with van der Waals surface area (Å²) in [6.07, 6.45) is 6.61. The fourth-order valence-electron chi connectivity index (χ4n) is 3.83. The molecule has 2 heterocycles. The van der Waals surface area contributed by atoms with Crippen LogP contribution in [0.25, 0.3) is 16.3 Å². The van der Waals surface area contributed by atoms with E-state index < -0.39 is 10.8 Å². The Balaban J connectivity index is 1.87. The quantitative estimate of drug-likeness (QED) is 0.826. The van der Waals surface area contributed by atoms with Gasteiger partial charge in [-0.2, -0.15) is 0 Å². The number of benzene rings is 2. The van der Waals surface area contributed by atoms with Crippen molar-refractivity contribution in [1.29, 1.82) is 0 Å². The number of hydrogen-bond donors (Lipinski definition) is 0. The van der Waals surface area contributed by atoms with Gasteiger partial charge in [0.25, 0.3) is 0 Å². The molecule has 2 aromatic carbocycles. The lowest BCUT2D eigenvalue weighted by Gasteiger charge is -2.33. The number of hydrogen-bond acceptors (Lipinski definition) is 2. The molecule has 114 valence electrons. The highest BCUT2D eigenvalue weighted by molar-refractivity contribution is 7.86. The minimum Gasteiger partial charge on any atom is -0.496 e. The molecule has 1 fully saturated rings. The molecule has 0 saturated carbocycles. The molecule has 2 aromatic rings. The van der Waals surface area contributed by atoms with Crippen LogP contribution in [-0.2, 0) is 10.8 Å². The van der Waals surface area contributed by atoms with Crippen molar-refractivity contribution in [3.05, 3.63) is 48.0 Å². The highest BCUT2D eigenvalue weighted by Crippen LogP contribution is 2.40. The second-order valence-corrected chi connectivity index (χ2v) is 8.11. The summed E-state index contributed by atoms with van der Waals surface area (Å²) in [5, 5.41) is 2.99. The molecule has 0 spiro atoms. The van der Waals surface area contributed by atoms with Crippen LogP contribution in [0.5, 0.6) is 5.75 Å². The van der Waals surface area contributed by atoms with Crippen molar-refractivity contribution in [2.45, 2.75) is 36.2 Å². The van der Waals surface area contributed by atoms with Crippen molar-refractivity contribution >= 4 is 27.1 Å². The van der Waals surface area contributed by atoms with E-state index >= 15 is 0 Å². The van der Waals surface area contributed by atoms with E-state index in [4.69, 9.17) is 4.74 Å². The zero-order chi connectivity index (χ0) is 15.1. The van der Waals surface area contributed by atoms with Crippen LogP contribution in [0, 0.1) is 0 Å². The number of ether oxygens (including phenoxy) is 1. The zero-order valence-electron chi connectivity index (χ0n) is 12.7. The van der Waals surface area contributed by atoms with Gasteiger partial charge in [0.2, 0.25) is 0 Å². The van der Waals surface area contributed by atoms with E-state index in [-0.39, 0.29) is 5.25 Å². The third-order valence-electron chi connectivity index (χ3n) is 4.93. The Morgan fingerprint density at radius 2 is 1.91 bits per heavy atom. The van der Waals surface area contributed by atoms with Crippen LogP contribution in [-0.4, -0.2) is 21.8 Å². The number of rotatable bonds is 2. The molecule has 0 aromatic heterocycles. The van der Waals surface area contributed by atoms with Gasteiger partial charge in [-0.25, -0.2) is 0 Å². The van der Waals surface area contributed by atoms with E-state index in [1.54, 1.807) is 7.11 Å². The molecule has 0 radical (unpaired) electrons. The van der Waals surface area contributed by atoms with Crippen LogP contribution in [0.1, 0.15) is 31.2 Å². The zero-order valence-corrected chi connectivity index (χ0v) is 13.6. The minimum absolute atomic E-state index is 0.253. The van der Waals surface area contributed by atoms with Crippen LogP contribution in [0.4, 0.5) is 0 Å². The van der Waals surface area contributed by atoms with Gasteiger partial charge in [0.05, 0.1) is 12.4 Å². The monoisotopic (exact) mass is 312 g/mol. The summed E-state index contributed by atoms with van der Waals surface area (Å²) in [5.41, 5.74) is 2.65. The molecule has 2 aliphatic rings. The van der Waals surface area contributed by atoms with Crippen molar-refractivity contribution in [2.75, 3.05) is 7.11 Å². The maximum Gasteiger partial charge on any atom is 0.126 e. The molecule has 0 aliphatic carbocycles. The molecule has 1 saturated heterocycles. The first-order chi connectivity index (χ1) is 10.8. The molecule has 2 aliphatic heterocycles. The first kappa shape index (κ1) is 14.0. The van der Waals surface area contributed by atoms with Gasteiger partial charge in [0, 0.05) is 21.4 Å². The predicted molar refractivity (Wildman–Crippen MR) is 92.7 cm³/mol. The van der Waals surface area contributed by atoms with Crippen molar-refractivity contribution in [3.63, 3.8) is 0 Å². The molecule has 2 nitrogen and oxygen atoms in total.